The number of esters is 1. The van der Waals surface area contributed by atoms with Crippen LogP contribution in [0.3, 0.4) is 0 Å². The van der Waals surface area contributed by atoms with Crippen LogP contribution in [0.2, 0.25) is 0 Å². The van der Waals surface area contributed by atoms with E-state index in [2.05, 4.69) is 25.4 Å². The Morgan fingerprint density at radius 3 is 2.57 bits per heavy atom. The summed E-state index contributed by atoms with van der Waals surface area (Å²) < 4.78 is 12.8. The summed E-state index contributed by atoms with van der Waals surface area (Å²) >= 11 is 0. The zero-order valence-corrected chi connectivity index (χ0v) is 27.6. The molecule has 3 fully saturated rings. The molecule has 8 atom stereocenters. The third-order valence-corrected chi connectivity index (χ3v) is 9.80. The lowest BCUT2D eigenvalue weighted by molar-refractivity contribution is -0.162. The summed E-state index contributed by atoms with van der Waals surface area (Å²) in [5.41, 5.74) is -0.501. The number of ether oxygens (including phenoxy) is 2. The van der Waals surface area contributed by atoms with Gasteiger partial charge < -0.3 is 29.7 Å². The fraction of sp³-hybridized carbons (Fsp3) is 0.611. The van der Waals surface area contributed by atoms with E-state index in [0.29, 0.717) is 44.3 Å². The number of carbonyl (C=O) groups excluding carboxylic acids is 4. The van der Waals surface area contributed by atoms with Crippen molar-refractivity contribution in [2.75, 3.05) is 19.7 Å². The van der Waals surface area contributed by atoms with Crippen molar-refractivity contribution in [3.8, 4) is 0 Å². The molecule has 3 aliphatic rings. The molecule has 4 rings (SSSR count). The largest absolute Gasteiger partial charge is 0.455 e. The number of hydrogen-bond donors (Lipinski definition) is 2. The van der Waals surface area contributed by atoms with Crippen LogP contribution in [0.1, 0.15) is 83.8 Å². The number of likely N-dealkylation sites (tertiary alicyclic amines) is 1. The topological polar surface area (TPSA) is 125 Å². The molecule has 10 heteroatoms. The molecule has 1 spiro atoms. The van der Waals surface area contributed by atoms with Crippen LogP contribution in [0, 0.1) is 11.8 Å². The molecule has 2 bridgehead atoms. The monoisotopic (exact) mass is 637 g/mol. The zero-order valence-electron chi connectivity index (χ0n) is 27.6. The normalized spacial score (nSPS) is 26.6. The summed E-state index contributed by atoms with van der Waals surface area (Å²) in [6.45, 7) is 13.8. The molecule has 0 unspecified atom stereocenters. The van der Waals surface area contributed by atoms with Crippen molar-refractivity contribution in [2.24, 2.45) is 11.8 Å². The summed E-state index contributed by atoms with van der Waals surface area (Å²) in [7, 11) is 0. The maximum atomic E-state index is 14.4. The summed E-state index contributed by atoms with van der Waals surface area (Å²) in [6.07, 6.45) is 6.87. The van der Waals surface area contributed by atoms with Gasteiger partial charge in [-0.3, -0.25) is 19.2 Å². The van der Waals surface area contributed by atoms with Crippen molar-refractivity contribution in [1.29, 1.82) is 0 Å². The van der Waals surface area contributed by atoms with Crippen LogP contribution in [-0.4, -0.2) is 88.1 Å². The first-order chi connectivity index (χ1) is 22.2. The minimum absolute atomic E-state index is 0.188. The van der Waals surface area contributed by atoms with Gasteiger partial charge in [0.15, 0.2) is 0 Å². The maximum Gasteiger partial charge on any atom is 0.313 e. The lowest BCUT2D eigenvalue weighted by atomic mass is 9.70. The molecule has 3 amide bonds. The molecule has 252 valence electrons. The summed E-state index contributed by atoms with van der Waals surface area (Å²) in [6, 6.07) is 7.06. The Balaban J connectivity index is 1.67. The molecule has 3 heterocycles. The highest BCUT2D eigenvalue weighted by Crippen LogP contribution is 2.59. The average molecular weight is 638 g/mol. The Morgan fingerprint density at radius 2 is 1.93 bits per heavy atom. The van der Waals surface area contributed by atoms with E-state index in [1.165, 1.54) is 4.90 Å². The van der Waals surface area contributed by atoms with Gasteiger partial charge in [0.1, 0.15) is 17.7 Å². The molecule has 3 saturated heterocycles. The summed E-state index contributed by atoms with van der Waals surface area (Å²) in [4.78, 5) is 58.9. The van der Waals surface area contributed by atoms with E-state index in [0.717, 1.165) is 19.3 Å². The highest BCUT2D eigenvalue weighted by Gasteiger charge is 2.75. The third kappa shape index (κ3) is 6.93. The van der Waals surface area contributed by atoms with Crippen LogP contribution >= 0.6 is 0 Å². The molecule has 10 nitrogen and oxygen atoms in total. The molecule has 46 heavy (non-hydrogen) atoms. The average Bonchev–Trinajstić information content (AvgIpc) is 3.70. The molecule has 0 aromatic heterocycles. The Labute approximate surface area is 273 Å². The number of allylic oxidation sites excluding steroid dienone is 1. The maximum absolute atomic E-state index is 14.4. The number of fused-ring (bicyclic) bond motifs is 1. The molecule has 0 saturated carbocycles. The van der Waals surface area contributed by atoms with Crippen molar-refractivity contribution in [1.82, 2.24) is 15.1 Å². The molecular formula is C36H51N3O7. The predicted molar refractivity (Wildman–Crippen MR) is 174 cm³/mol. The summed E-state index contributed by atoms with van der Waals surface area (Å²) in [5.74, 6) is -3.25. The van der Waals surface area contributed by atoms with Crippen molar-refractivity contribution < 1.29 is 33.8 Å². The second-order valence-corrected chi connectivity index (χ2v) is 12.8. The number of unbranched alkanes of at least 4 members (excludes halogenated alkanes) is 2. The number of carbonyl (C=O) groups is 4. The molecule has 2 N–H and O–H groups in total. The summed E-state index contributed by atoms with van der Waals surface area (Å²) in [5, 5.41) is 13.3. The second-order valence-electron chi connectivity index (χ2n) is 12.8. The Morgan fingerprint density at radius 1 is 1.20 bits per heavy atom. The third-order valence-electron chi connectivity index (χ3n) is 9.80. The van der Waals surface area contributed by atoms with Gasteiger partial charge in [0.25, 0.3) is 0 Å². The van der Waals surface area contributed by atoms with E-state index in [1.54, 1.807) is 24.0 Å². The minimum atomic E-state index is -1.21. The number of aliphatic hydroxyl groups excluding tert-OH is 1. The zero-order chi connectivity index (χ0) is 33.4. The van der Waals surface area contributed by atoms with Crippen molar-refractivity contribution in [3.05, 3.63) is 61.2 Å². The molecule has 1 aromatic carbocycles. The van der Waals surface area contributed by atoms with E-state index in [1.807, 2.05) is 37.3 Å². The van der Waals surface area contributed by atoms with Gasteiger partial charge in [-0.25, -0.2) is 0 Å². The van der Waals surface area contributed by atoms with E-state index in [4.69, 9.17) is 9.47 Å². The first-order valence-electron chi connectivity index (χ1n) is 16.8. The molecule has 3 aliphatic heterocycles. The van der Waals surface area contributed by atoms with Gasteiger partial charge in [0.2, 0.25) is 17.7 Å². The van der Waals surface area contributed by atoms with Crippen molar-refractivity contribution in [2.45, 2.75) is 108 Å². The first-order valence-corrected chi connectivity index (χ1v) is 16.8. The first kappa shape index (κ1) is 35.4. The molecular weight excluding hydrogens is 586 g/mol. The number of rotatable bonds is 18. The minimum Gasteiger partial charge on any atom is -0.455 e. The fourth-order valence-electron chi connectivity index (χ4n) is 7.56. The Hall–Kier alpha value is -3.50. The van der Waals surface area contributed by atoms with Crippen LogP contribution < -0.4 is 5.32 Å². The van der Waals surface area contributed by atoms with Crippen LogP contribution in [0.25, 0.3) is 0 Å². The number of aliphatic hydroxyl groups is 1. The molecule has 0 aliphatic carbocycles. The van der Waals surface area contributed by atoms with E-state index < -0.39 is 53.7 Å². The standard InChI is InChI=1S/C36H51N3O7/c1-6-10-15-22-38(21-8-3)34(43)32-36-20-19-27(46-36)29(30(36)33(42)39(32)26(9-4)23-40)35(44)45-31(25-16-13-12-14-17-25)24(5)37-28(41)18-11-7-2/h7-8,12-14,16-17,24,26-27,29-32,40H,2-3,6,9-11,15,18-23H2,1,4-5H3,(H,37,41)/t24-,26+,27+,29-,30-,31-,32+,36-/m1/s1. The smallest absolute Gasteiger partial charge is 0.313 e. The number of nitrogens with zero attached hydrogens (tertiary/aromatic N) is 2. The van der Waals surface area contributed by atoms with Gasteiger partial charge in [0, 0.05) is 19.5 Å². The lowest BCUT2D eigenvalue weighted by Gasteiger charge is -2.39. The fourth-order valence-corrected chi connectivity index (χ4v) is 7.56. The second kappa shape index (κ2) is 15.9. The van der Waals surface area contributed by atoms with Gasteiger partial charge in [-0.2, -0.15) is 0 Å². The van der Waals surface area contributed by atoms with Crippen LogP contribution in [0.5, 0.6) is 0 Å². The predicted octanol–water partition coefficient (Wildman–Crippen LogP) is 4.09. The van der Waals surface area contributed by atoms with Gasteiger partial charge in [0.05, 0.1) is 36.6 Å². The van der Waals surface area contributed by atoms with Crippen molar-refractivity contribution in [3.63, 3.8) is 0 Å². The van der Waals surface area contributed by atoms with Crippen LogP contribution in [0.15, 0.2) is 55.6 Å². The van der Waals surface area contributed by atoms with Crippen LogP contribution in [-0.2, 0) is 28.7 Å². The number of nitrogens with one attached hydrogen (secondary N) is 1. The van der Waals surface area contributed by atoms with E-state index >= 15 is 0 Å². The SMILES string of the molecule is C=CCCC(=O)N[C@H](C)[C@@H](OC(=O)[C@@H]1[C@@H]2CC[C@]3(O2)[C@H](C(=O)N(CC=C)CCCCC)N([C@@H](CC)CO)C(=O)[C@@H]13)c1ccccc1. The number of amides is 3. The molecule has 0 radical (unpaired) electrons. The number of benzene rings is 1. The van der Waals surface area contributed by atoms with Gasteiger partial charge in [-0.1, -0.05) is 69.2 Å². The van der Waals surface area contributed by atoms with E-state index in [9.17, 15) is 24.3 Å². The van der Waals surface area contributed by atoms with Crippen LogP contribution in [0.4, 0.5) is 0 Å². The van der Waals surface area contributed by atoms with Gasteiger partial charge in [-0.15, -0.1) is 13.2 Å². The lowest BCUT2D eigenvalue weighted by Crippen LogP contribution is -2.58. The van der Waals surface area contributed by atoms with Gasteiger partial charge >= 0.3 is 5.97 Å². The van der Waals surface area contributed by atoms with Crippen molar-refractivity contribution >= 4 is 23.7 Å². The highest BCUT2D eigenvalue weighted by atomic mass is 16.6. The Bertz CT molecular complexity index is 1250. The van der Waals surface area contributed by atoms with E-state index in [-0.39, 0.29) is 30.7 Å². The highest BCUT2D eigenvalue weighted by molar-refractivity contribution is 5.98. The quantitative estimate of drug-likeness (QED) is 0.141. The Kier molecular flexibility index (Phi) is 12.2. The van der Waals surface area contributed by atoms with Gasteiger partial charge in [-0.05, 0) is 44.6 Å². The number of hydrogen-bond acceptors (Lipinski definition) is 7. The molecule has 1 aromatic rings.